The number of hydrogen-bond donors (Lipinski definition) is 4. The van der Waals surface area contributed by atoms with E-state index in [0.29, 0.717) is 13.0 Å². The second-order valence-corrected chi connectivity index (χ2v) is 17.0. The summed E-state index contributed by atoms with van der Waals surface area (Å²) in [5.74, 6) is -0.401. The number of carbonyl (C=O) groups is 1. The quantitative estimate of drug-likeness (QED) is 0.0199. The van der Waals surface area contributed by atoms with Gasteiger partial charge in [-0.25, -0.2) is 4.18 Å². The normalized spacial score (nSPS) is 20.7. The van der Waals surface area contributed by atoms with E-state index < -0.39 is 59.8 Å². The lowest BCUT2D eigenvalue weighted by molar-refractivity contribution is -0.301. The van der Waals surface area contributed by atoms with Gasteiger partial charge in [0.2, 0.25) is 0 Å². The Kier molecular flexibility index (Phi) is 35.2. The van der Waals surface area contributed by atoms with E-state index >= 15 is 0 Å². The summed E-state index contributed by atoms with van der Waals surface area (Å²) < 4.78 is 59.1. The summed E-state index contributed by atoms with van der Waals surface area (Å²) in [7, 11) is -5.06. The molecule has 4 N–H and O–H groups in total. The number of rotatable bonds is 40. The number of esters is 1. The molecule has 0 aromatic carbocycles. The molecule has 0 spiro atoms. The fraction of sp³-hybridized carbons (Fsp3) is 0.889. The maximum absolute atomic E-state index is 12.8. The Morgan fingerprint density at radius 3 is 1.67 bits per heavy atom. The van der Waals surface area contributed by atoms with Gasteiger partial charge in [-0.1, -0.05) is 167 Å². The molecule has 0 aromatic rings. The van der Waals surface area contributed by atoms with E-state index in [4.69, 9.17) is 23.5 Å². The first-order valence-corrected chi connectivity index (χ1v) is 24.5. The molecule has 58 heavy (non-hydrogen) atoms. The van der Waals surface area contributed by atoms with E-state index in [-0.39, 0.29) is 19.6 Å². The standard InChI is InChI=1S/C45H84O12S/c1-3-5-7-9-11-13-15-17-19-21-23-25-27-29-31-33-35-53-37-39(38-54-45-43(49)44(57-58(50,51)52)42(48)40(36-46)56-45)55-41(47)34-32-30-28-26-24-22-20-18-16-14-12-10-8-6-4-2/h11,13,17,19,39-40,42-46,48-49H,3-10,12,14-16,18,20-38H2,1-2H3,(H,50,51,52)/b13-11-,19-17-. The summed E-state index contributed by atoms with van der Waals surface area (Å²) in [6.07, 6.45) is 32.0. The van der Waals surface area contributed by atoms with Gasteiger partial charge in [-0.15, -0.1) is 0 Å². The van der Waals surface area contributed by atoms with Gasteiger partial charge in [0, 0.05) is 13.0 Å². The molecule has 1 aliphatic heterocycles. The SMILES string of the molecule is CCCCC/C=C\C/C=C\CCCCCCCCOCC(COC1OC(CO)C(O)C(OS(=O)(=O)O)C1O)OC(=O)CCCCCCCCCCCCCCCCC. The second-order valence-electron chi connectivity index (χ2n) is 16.0. The largest absolute Gasteiger partial charge is 0.457 e. The van der Waals surface area contributed by atoms with E-state index in [1.165, 1.54) is 109 Å². The molecule has 0 aromatic heterocycles. The molecule has 0 bridgehead atoms. The monoisotopic (exact) mass is 849 g/mol. The van der Waals surface area contributed by atoms with Crippen molar-refractivity contribution in [3.63, 3.8) is 0 Å². The third-order valence-corrected chi connectivity index (χ3v) is 11.0. The maximum Gasteiger partial charge on any atom is 0.397 e. The van der Waals surface area contributed by atoms with E-state index in [1.54, 1.807) is 0 Å². The van der Waals surface area contributed by atoms with Crippen molar-refractivity contribution in [2.24, 2.45) is 0 Å². The van der Waals surface area contributed by atoms with Crippen LogP contribution in [0.3, 0.4) is 0 Å². The summed E-state index contributed by atoms with van der Waals surface area (Å²) in [5, 5.41) is 30.7. The van der Waals surface area contributed by atoms with Crippen molar-refractivity contribution in [2.45, 2.75) is 230 Å². The van der Waals surface area contributed by atoms with Crippen molar-refractivity contribution in [3.8, 4) is 0 Å². The van der Waals surface area contributed by atoms with Crippen molar-refractivity contribution >= 4 is 16.4 Å². The number of hydrogen-bond acceptors (Lipinski definition) is 11. The van der Waals surface area contributed by atoms with Crippen LogP contribution in [-0.2, 0) is 38.3 Å². The number of aliphatic hydroxyl groups excluding tert-OH is 3. The van der Waals surface area contributed by atoms with Crippen molar-refractivity contribution < 1.29 is 56.2 Å². The Labute approximate surface area is 352 Å². The lowest BCUT2D eigenvalue weighted by Crippen LogP contribution is -2.60. The second kappa shape index (κ2) is 37.4. The molecule has 6 atom stereocenters. The smallest absolute Gasteiger partial charge is 0.397 e. The van der Waals surface area contributed by atoms with E-state index in [0.717, 1.165) is 57.8 Å². The molecular weight excluding hydrogens is 765 g/mol. The fourth-order valence-corrected chi connectivity index (χ4v) is 7.56. The zero-order valence-electron chi connectivity index (χ0n) is 36.4. The van der Waals surface area contributed by atoms with Crippen molar-refractivity contribution in [3.05, 3.63) is 24.3 Å². The molecule has 1 heterocycles. The Bertz CT molecular complexity index is 1120. The highest BCUT2D eigenvalue weighted by Gasteiger charge is 2.48. The Hall–Kier alpha value is -1.42. The van der Waals surface area contributed by atoms with Gasteiger partial charge >= 0.3 is 16.4 Å². The van der Waals surface area contributed by atoms with Crippen LogP contribution in [0.1, 0.15) is 194 Å². The van der Waals surface area contributed by atoms with Crippen LogP contribution >= 0.6 is 0 Å². The highest BCUT2D eigenvalue weighted by Crippen LogP contribution is 2.26. The van der Waals surface area contributed by atoms with E-state index in [2.05, 4.69) is 42.3 Å². The van der Waals surface area contributed by atoms with Crippen molar-refractivity contribution in [1.82, 2.24) is 0 Å². The van der Waals surface area contributed by atoms with Gasteiger partial charge in [0.05, 0.1) is 19.8 Å². The van der Waals surface area contributed by atoms with Crippen molar-refractivity contribution in [1.29, 1.82) is 0 Å². The molecule has 12 nitrogen and oxygen atoms in total. The van der Waals surface area contributed by atoms with Gasteiger partial charge in [0.25, 0.3) is 0 Å². The first-order chi connectivity index (χ1) is 28.1. The van der Waals surface area contributed by atoms with Crippen LogP contribution in [0.5, 0.6) is 0 Å². The Balaban J connectivity index is 2.43. The van der Waals surface area contributed by atoms with Crippen LogP contribution in [0.2, 0.25) is 0 Å². The van der Waals surface area contributed by atoms with Crippen molar-refractivity contribution in [2.75, 3.05) is 26.4 Å². The molecule has 1 saturated heterocycles. The minimum absolute atomic E-state index is 0.0324. The molecule has 6 unspecified atom stereocenters. The minimum Gasteiger partial charge on any atom is -0.457 e. The average molecular weight is 849 g/mol. The number of unbranched alkanes of at least 4 members (excludes halogenated alkanes) is 23. The molecule has 1 aliphatic rings. The van der Waals surface area contributed by atoms with Crippen LogP contribution in [0.4, 0.5) is 0 Å². The zero-order valence-corrected chi connectivity index (χ0v) is 37.2. The summed E-state index contributed by atoms with van der Waals surface area (Å²) in [5.41, 5.74) is 0. The van der Waals surface area contributed by atoms with Crippen LogP contribution < -0.4 is 0 Å². The average Bonchev–Trinajstić information content (AvgIpc) is 3.19. The third kappa shape index (κ3) is 30.6. The van der Waals surface area contributed by atoms with Gasteiger partial charge in [-0.3, -0.25) is 9.35 Å². The molecule has 0 amide bonds. The molecule has 1 fully saturated rings. The number of aliphatic hydroxyl groups is 3. The van der Waals surface area contributed by atoms with Gasteiger partial charge in [-0.05, 0) is 44.9 Å². The van der Waals surface area contributed by atoms with Gasteiger partial charge in [-0.2, -0.15) is 8.42 Å². The molecular formula is C45H84O12S. The predicted octanol–water partition coefficient (Wildman–Crippen LogP) is 9.63. The predicted molar refractivity (Wildman–Crippen MR) is 230 cm³/mol. The molecule has 0 saturated carbocycles. The summed E-state index contributed by atoms with van der Waals surface area (Å²) >= 11 is 0. The fourth-order valence-electron chi connectivity index (χ4n) is 7.06. The summed E-state index contributed by atoms with van der Waals surface area (Å²) in [6.45, 7) is 3.96. The lowest BCUT2D eigenvalue weighted by atomic mass is 9.99. The van der Waals surface area contributed by atoms with Crippen LogP contribution in [0, 0.1) is 0 Å². The molecule has 0 radical (unpaired) electrons. The third-order valence-electron chi connectivity index (χ3n) is 10.6. The highest BCUT2D eigenvalue weighted by molar-refractivity contribution is 7.80. The molecule has 0 aliphatic carbocycles. The van der Waals surface area contributed by atoms with E-state index in [9.17, 15) is 28.5 Å². The number of allylic oxidation sites excluding steroid dienone is 4. The number of carbonyl (C=O) groups excluding carboxylic acids is 1. The first kappa shape index (κ1) is 54.6. The highest BCUT2D eigenvalue weighted by atomic mass is 32.3. The number of ether oxygens (including phenoxy) is 4. The summed E-state index contributed by atoms with van der Waals surface area (Å²) in [6, 6.07) is 0. The lowest BCUT2D eigenvalue weighted by Gasteiger charge is -2.41. The topological polar surface area (TPSA) is 178 Å². The maximum atomic E-state index is 12.8. The minimum atomic E-state index is -5.06. The van der Waals surface area contributed by atoms with Gasteiger partial charge in [0.1, 0.15) is 30.5 Å². The Morgan fingerprint density at radius 2 is 1.14 bits per heavy atom. The molecule has 1 rings (SSSR count). The van der Waals surface area contributed by atoms with Gasteiger partial charge < -0.3 is 34.3 Å². The van der Waals surface area contributed by atoms with E-state index in [1.807, 2.05) is 0 Å². The van der Waals surface area contributed by atoms with Crippen LogP contribution in [-0.4, -0.2) is 97.5 Å². The van der Waals surface area contributed by atoms with Crippen LogP contribution in [0.25, 0.3) is 0 Å². The molecule has 342 valence electrons. The zero-order chi connectivity index (χ0) is 42.5. The molecule has 13 heteroatoms. The van der Waals surface area contributed by atoms with Crippen LogP contribution in [0.15, 0.2) is 24.3 Å². The Morgan fingerprint density at radius 1 is 0.655 bits per heavy atom. The van der Waals surface area contributed by atoms with Gasteiger partial charge in [0.15, 0.2) is 6.29 Å². The first-order valence-electron chi connectivity index (χ1n) is 23.1. The summed E-state index contributed by atoms with van der Waals surface area (Å²) in [4.78, 5) is 12.8.